The summed E-state index contributed by atoms with van der Waals surface area (Å²) in [6, 6.07) is 4.62. The molecule has 0 saturated carbocycles. The molecule has 0 spiro atoms. The fourth-order valence-electron chi connectivity index (χ4n) is 2.72. The Balaban J connectivity index is 3.00. The van der Waals surface area contributed by atoms with Gasteiger partial charge in [-0.1, -0.05) is 51.3 Å². The van der Waals surface area contributed by atoms with Gasteiger partial charge in [0.25, 0.3) is 0 Å². The summed E-state index contributed by atoms with van der Waals surface area (Å²) in [5.41, 5.74) is 0.937. The van der Waals surface area contributed by atoms with Gasteiger partial charge in [0.1, 0.15) is 12.1 Å². The zero-order valence-corrected chi connectivity index (χ0v) is 18.1. The number of benzene rings is 1. The molecular weight excluding hydrogens is 380 g/mol. The van der Waals surface area contributed by atoms with Gasteiger partial charge in [0.2, 0.25) is 15.9 Å². The van der Waals surface area contributed by atoms with Gasteiger partial charge >= 0.3 is 5.97 Å². The topological polar surface area (TPSA) is 102 Å². The van der Waals surface area contributed by atoms with Gasteiger partial charge in [-0.3, -0.25) is 4.79 Å². The second kappa shape index (κ2) is 11.2. The van der Waals surface area contributed by atoms with Crippen molar-refractivity contribution in [1.29, 1.82) is 0 Å². The molecule has 0 fully saturated rings. The standard InChI is InChI=1S/C20H32N2O5S/c1-6-7-8-17(20(24)27-5)21-19(23)18(13-14(2)3)22-28(25,26)16-11-9-15(4)10-12-16/h9-12,14,17-18,22H,6-8,13H2,1-5H3,(H,21,23)/t17-,18-/m0/s1. The summed E-state index contributed by atoms with van der Waals surface area (Å²) in [6.07, 6.45) is 2.34. The molecule has 158 valence electrons. The number of nitrogens with one attached hydrogen (secondary N) is 2. The first kappa shape index (κ1) is 24.1. The molecule has 8 heteroatoms. The molecule has 0 heterocycles. The van der Waals surface area contributed by atoms with Crippen LogP contribution in [0.3, 0.4) is 0 Å². The molecular formula is C20H32N2O5S. The van der Waals surface area contributed by atoms with E-state index in [4.69, 9.17) is 4.74 Å². The van der Waals surface area contributed by atoms with E-state index in [1.54, 1.807) is 12.1 Å². The lowest BCUT2D eigenvalue weighted by molar-refractivity contribution is -0.145. The lowest BCUT2D eigenvalue weighted by Crippen LogP contribution is -2.52. The fourth-order valence-corrected chi connectivity index (χ4v) is 3.93. The first-order valence-electron chi connectivity index (χ1n) is 9.57. The number of hydrogen-bond acceptors (Lipinski definition) is 5. The van der Waals surface area contributed by atoms with Crippen molar-refractivity contribution >= 4 is 21.9 Å². The number of carbonyl (C=O) groups excluding carboxylic acids is 2. The first-order valence-corrected chi connectivity index (χ1v) is 11.1. The van der Waals surface area contributed by atoms with Crippen molar-refractivity contribution in [3.63, 3.8) is 0 Å². The Bertz CT molecular complexity index is 744. The maximum absolute atomic E-state index is 12.8. The third kappa shape index (κ3) is 7.59. The maximum Gasteiger partial charge on any atom is 0.328 e. The summed E-state index contributed by atoms with van der Waals surface area (Å²) in [6.45, 7) is 7.64. The second-order valence-electron chi connectivity index (χ2n) is 7.34. The van der Waals surface area contributed by atoms with E-state index >= 15 is 0 Å². The normalized spacial score (nSPS) is 13.8. The predicted octanol–water partition coefficient (Wildman–Crippen LogP) is 2.54. The van der Waals surface area contributed by atoms with E-state index < -0.39 is 34.0 Å². The summed E-state index contributed by atoms with van der Waals surface area (Å²) < 4.78 is 32.7. The van der Waals surface area contributed by atoms with Gasteiger partial charge < -0.3 is 10.1 Å². The third-order valence-corrected chi connectivity index (χ3v) is 5.79. The van der Waals surface area contributed by atoms with Gasteiger partial charge in [-0.2, -0.15) is 4.72 Å². The van der Waals surface area contributed by atoms with E-state index in [1.807, 2.05) is 27.7 Å². The minimum absolute atomic E-state index is 0.0729. The van der Waals surface area contributed by atoms with Crippen molar-refractivity contribution in [3.8, 4) is 0 Å². The number of carbonyl (C=O) groups is 2. The first-order chi connectivity index (χ1) is 13.1. The Hall–Kier alpha value is -1.93. The molecule has 2 atom stereocenters. The Morgan fingerprint density at radius 2 is 1.71 bits per heavy atom. The van der Waals surface area contributed by atoms with Gasteiger partial charge in [-0.05, 0) is 37.8 Å². The Kier molecular flexibility index (Phi) is 9.61. The largest absolute Gasteiger partial charge is 0.467 e. The highest BCUT2D eigenvalue weighted by molar-refractivity contribution is 7.89. The Morgan fingerprint density at radius 3 is 2.21 bits per heavy atom. The van der Waals surface area contributed by atoms with Crippen molar-refractivity contribution in [3.05, 3.63) is 29.8 Å². The van der Waals surface area contributed by atoms with Crippen LogP contribution in [-0.4, -0.2) is 39.5 Å². The molecule has 7 nitrogen and oxygen atoms in total. The van der Waals surface area contributed by atoms with Crippen LogP contribution in [0.5, 0.6) is 0 Å². The van der Waals surface area contributed by atoms with Crippen LogP contribution in [0.2, 0.25) is 0 Å². The van der Waals surface area contributed by atoms with Crippen molar-refractivity contribution < 1.29 is 22.7 Å². The number of amides is 1. The second-order valence-corrected chi connectivity index (χ2v) is 9.06. The van der Waals surface area contributed by atoms with E-state index in [2.05, 4.69) is 10.0 Å². The average molecular weight is 413 g/mol. The molecule has 1 aromatic carbocycles. The van der Waals surface area contributed by atoms with Crippen LogP contribution in [0.15, 0.2) is 29.2 Å². The third-order valence-electron chi connectivity index (χ3n) is 4.30. The summed E-state index contributed by atoms with van der Waals surface area (Å²) >= 11 is 0. The number of hydrogen-bond donors (Lipinski definition) is 2. The monoisotopic (exact) mass is 412 g/mol. The number of ether oxygens (including phenoxy) is 1. The molecule has 1 amide bonds. The number of sulfonamides is 1. The number of esters is 1. The highest BCUT2D eigenvalue weighted by atomic mass is 32.2. The molecule has 1 rings (SSSR count). The molecule has 28 heavy (non-hydrogen) atoms. The van der Waals surface area contributed by atoms with Crippen LogP contribution in [-0.2, 0) is 24.3 Å². The highest BCUT2D eigenvalue weighted by Crippen LogP contribution is 2.14. The molecule has 0 aliphatic heterocycles. The van der Waals surface area contributed by atoms with E-state index in [1.165, 1.54) is 19.2 Å². The van der Waals surface area contributed by atoms with Crippen molar-refractivity contribution in [2.75, 3.05) is 7.11 Å². The molecule has 2 N–H and O–H groups in total. The maximum atomic E-state index is 12.8. The van der Waals surface area contributed by atoms with Crippen molar-refractivity contribution in [2.45, 2.75) is 70.4 Å². The van der Waals surface area contributed by atoms with Crippen molar-refractivity contribution in [1.82, 2.24) is 10.0 Å². The van der Waals surface area contributed by atoms with Crippen LogP contribution in [0.4, 0.5) is 0 Å². The van der Waals surface area contributed by atoms with Gasteiger partial charge in [0, 0.05) is 0 Å². The smallest absolute Gasteiger partial charge is 0.328 e. The highest BCUT2D eigenvalue weighted by Gasteiger charge is 2.30. The minimum Gasteiger partial charge on any atom is -0.467 e. The molecule has 0 aromatic heterocycles. The zero-order valence-electron chi connectivity index (χ0n) is 17.3. The van der Waals surface area contributed by atoms with Crippen LogP contribution in [0, 0.1) is 12.8 Å². The minimum atomic E-state index is -3.87. The number of unbranched alkanes of at least 4 members (excludes halogenated alkanes) is 1. The summed E-state index contributed by atoms with van der Waals surface area (Å²) in [7, 11) is -2.61. The fraction of sp³-hybridized carbons (Fsp3) is 0.600. The van der Waals surface area contributed by atoms with E-state index in [0.29, 0.717) is 12.8 Å². The van der Waals surface area contributed by atoms with E-state index in [9.17, 15) is 18.0 Å². The SMILES string of the molecule is CCCC[C@H](NC(=O)[C@H](CC(C)C)NS(=O)(=O)c1ccc(C)cc1)C(=O)OC. The van der Waals surface area contributed by atoms with Gasteiger partial charge in [0.05, 0.1) is 12.0 Å². The number of methoxy groups -OCH3 is 1. The van der Waals surface area contributed by atoms with Crippen LogP contribution >= 0.6 is 0 Å². The molecule has 0 radical (unpaired) electrons. The Labute approximate surface area is 168 Å². The molecule has 0 unspecified atom stereocenters. The summed E-state index contributed by atoms with van der Waals surface area (Å²) in [5, 5.41) is 2.65. The molecule has 0 aliphatic carbocycles. The van der Waals surface area contributed by atoms with E-state index in [-0.39, 0.29) is 10.8 Å². The zero-order chi connectivity index (χ0) is 21.3. The molecule has 0 saturated heterocycles. The van der Waals surface area contributed by atoms with Gasteiger partial charge in [-0.15, -0.1) is 0 Å². The summed E-state index contributed by atoms with van der Waals surface area (Å²) in [5.74, 6) is -0.994. The van der Waals surface area contributed by atoms with E-state index in [0.717, 1.165) is 18.4 Å². The van der Waals surface area contributed by atoms with Crippen LogP contribution in [0.25, 0.3) is 0 Å². The van der Waals surface area contributed by atoms with Crippen LogP contribution < -0.4 is 10.0 Å². The number of rotatable bonds is 11. The molecule has 0 aliphatic rings. The lowest BCUT2D eigenvalue weighted by atomic mass is 10.0. The molecule has 0 bridgehead atoms. The molecule has 1 aromatic rings. The number of aryl methyl sites for hydroxylation is 1. The average Bonchev–Trinajstić information content (AvgIpc) is 2.63. The Morgan fingerprint density at radius 1 is 1.11 bits per heavy atom. The predicted molar refractivity (Wildman–Crippen MR) is 108 cm³/mol. The summed E-state index contributed by atoms with van der Waals surface area (Å²) in [4.78, 5) is 24.8. The van der Waals surface area contributed by atoms with Gasteiger partial charge in [-0.25, -0.2) is 13.2 Å². The van der Waals surface area contributed by atoms with Crippen molar-refractivity contribution in [2.24, 2.45) is 5.92 Å². The van der Waals surface area contributed by atoms with Crippen LogP contribution in [0.1, 0.15) is 52.0 Å². The van der Waals surface area contributed by atoms with Gasteiger partial charge in [0.15, 0.2) is 0 Å². The lowest BCUT2D eigenvalue weighted by Gasteiger charge is -2.23. The quantitative estimate of drug-likeness (QED) is 0.544.